The third-order valence-electron chi connectivity index (χ3n) is 5.43. The molecule has 1 amide bonds. The van der Waals surface area contributed by atoms with Gasteiger partial charge in [0.2, 0.25) is 5.91 Å². The van der Waals surface area contributed by atoms with Crippen molar-refractivity contribution in [1.29, 1.82) is 0 Å². The maximum atomic E-state index is 12.4. The van der Waals surface area contributed by atoms with Gasteiger partial charge in [-0.1, -0.05) is 19.3 Å². The number of ether oxygens (including phenoxy) is 1. The Morgan fingerprint density at radius 3 is 2.65 bits per heavy atom. The van der Waals surface area contributed by atoms with Crippen LogP contribution in [0.1, 0.15) is 51.4 Å². The van der Waals surface area contributed by atoms with E-state index in [1.165, 1.54) is 25.3 Å². The first-order valence-corrected chi connectivity index (χ1v) is 8.69. The Morgan fingerprint density at radius 2 is 1.96 bits per heavy atom. The van der Waals surface area contributed by atoms with Crippen LogP contribution in [0.3, 0.4) is 0 Å². The zero-order valence-electron chi connectivity index (χ0n) is 13.4. The lowest BCUT2D eigenvalue weighted by molar-refractivity contribution is -0.126. The summed E-state index contributed by atoms with van der Waals surface area (Å²) >= 11 is 0. The first-order valence-electron chi connectivity index (χ1n) is 8.69. The van der Waals surface area contributed by atoms with Crippen molar-refractivity contribution in [1.82, 2.24) is 5.32 Å². The molecule has 4 N–H and O–H groups in total. The molecule has 130 valence electrons. The smallest absolute Gasteiger partial charge is 0.247 e. The van der Waals surface area contributed by atoms with Gasteiger partial charge in [0.25, 0.3) is 0 Å². The van der Waals surface area contributed by atoms with Crippen molar-refractivity contribution in [3.8, 4) is 0 Å². The minimum Gasteiger partial charge on any atom is -0.390 e. The van der Waals surface area contributed by atoms with Crippen LogP contribution in [0.4, 0.5) is 0 Å². The van der Waals surface area contributed by atoms with Crippen LogP contribution in [0, 0.1) is 0 Å². The maximum Gasteiger partial charge on any atom is 0.247 e. The summed E-state index contributed by atoms with van der Waals surface area (Å²) in [4.78, 5) is 12.4. The zero-order chi connectivity index (χ0) is 16.4. The van der Waals surface area contributed by atoms with Crippen molar-refractivity contribution in [2.45, 2.75) is 81.3 Å². The van der Waals surface area contributed by atoms with E-state index in [9.17, 15) is 20.1 Å². The summed E-state index contributed by atoms with van der Waals surface area (Å²) in [5.74, 6) is -0.257. The number of aliphatic hydroxyl groups is 3. The first kappa shape index (κ1) is 16.9. The molecular weight excluding hydrogens is 298 g/mol. The van der Waals surface area contributed by atoms with E-state index in [2.05, 4.69) is 5.32 Å². The summed E-state index contributed by atoms with van der Waals surface area (Å²) in [5, 5.41) is 32.0. The zero-order valence-corrected chi connectivity index (χ0v) is 13.4. The Bertz CT molecular complexity index is 466. The molecule has 0 bridgehead atoms. The fraction of sp³-hybridized carbons (Fsp3) is 0.824. The summed E-state index contributed by atoms with van der Waals surface area (Å²) in [5.41, 5.74) is 0.268. The van der Waals surface area contributed by atoms with Crippen LogP contribution in [-0.4, -0.2) is 57.8 Å². The minimum atomic E-state index is -1.22. The van der Waals surface area contributed by atoms with Crippen molar-refractivity contribution in [2.75, 3.05) is 6.61 Å². The maximum absolute atomic E-state index is 12.4. The van der Waals surface area contributed by atoms with E-state index in [1.54, 1.807) is 0 Å². The van der Waals surface area contributed by atoms with E-state index in [-0.39, 0.29) is 24.0 Å². The molecule has 0 aromatic carbocycles. The van der Waals surface area contributed by atoms with Crippen LogP contribution in [0.5, 0.6) is 0 Å². The summed E-state index contributed by atoms with van der Waals surface area (Å²) in [7, 11) is 0. The third-order valence-corrected chi connectivity index (χ3v) is 5.43. The predicted octanol–water partition coefficient (Wildman–Crippen LogP) is 0.397. The van der Waals surface area contributed by atoms with Gasteiger partial charge in [0, 0.05) is 24.6 Å². The highest BCUT2D eigenvalue weighted by Gasteiger charge is 2.39. The molecule has 1 aliphatic heterocycles. The van der Waals surface area contributed by atoms with Crippen LogP contribution in [0.15, 0.2) is 11.6 Å². The van der Waals surface area contributed by atoms with Gasteiger partial charge in [-0.2, -0.15) is 0 Å². The van der Waals surface area contributed by atoms with Crippen molar-refractivity contribution in [3.05, 3.63) is 11.6 Å². The van der Waals surface area contributed by atoms with Gasteiger partial charge in [0.1, 0.15) is 12.2 Å². The second kappa shape index (κ2) is 6.89. The minimum absolute atomic E-state index is 0.0661. The van der Waals surface area contributed by atoms with E-state index in [1.807, 2.05) is 0 Å². The van der Waals surface area contributed by atoms with Gasteiger partial charge in [0.05, 0.1) is 11.7 Å². The topological polar surface area (TPSA) is 99.0 Å². The summed E-state index contributed by atoms with van der Waals surface area (Å²) in [6, 6.07) is 0.0661. The molecule has 6 nitrogen and oxygen atoms in total. The molecule has 3 rings (SSSR count). The molecule has 1 unspecified atom stereocenters. The van der Waals surface area contributed by atoms with Gasteiger partial charge >= 0.3 is 0 Å². The molecule has 6 heteroatoms. The average Bonchev–Trinajstić information content (AvgIpc) is 2.53. The molecule has 1 saturated carbocycles. The van der Waals surface area contributed by atoms with Crippen LogP contribution in [0.25, 0.3) is 0 Å². The normalized spacial score (nSPS) is 37.3. The number of rotatable bonds is 2. The molecule has 0 aromatic heterocycles. The van der Waals surface area contributed by atoms with E-state index < -0.39 is 18.3 Å². The van der Waals surface area contributed by atoms with E-state index in [4.69, 9.17) is 4.74 Å². The first-order chi connectivity index (χ1) is 11.0. The molecule has 1 saturated heterocycles. The molecule has 0 aromatic rings. The van der Waals surface area contributed by atoms with Gasteiger partial charge in [-0.3, -0.25) is 4.79 Å². The fourth-order valence-electron chi connectivity index (χ4n) is 4.09. The van der Waals surface area contributed by atoms with E-state index in [0.717, 1.165) is 25.7 Å². The van der Waals surface area contributed by atoms with Crippen molar-refractivity contribution >= 4 is 5.91 Å². The Morgan fingerprint density at radius 1 is 1.22 bits per heavy atom. The van der Waals surface area contributed by atoms with Gasteiger partial charge in [-0.05, 0) is 31.8 Å². The van der Waals surface area contributed by atoms with Crippen LogP contribution < -0.4 is 5.32 Å². The Balaban J connectivity index is 1.60. The van der Waals surface area contributed by atoms with E-state index in [0.29, 0.717) is 12.2 Å². The standard InChI is InChI=1S/C17H27NO5/c19-13-8-11(9-14(20)15(13)21)16(22)18-12-4-7-23-17(10-12)5-2-1-3-6-17/h8,12-15,19-21H,1-7,9-10H2,(H,18,22)/t12?,13-,14-,15-/m1/s1. The van der Waals surface area contributed by atoms with Crippen LogP contribution in [-0.2, 0) is 9.53 Å². The lowest BCUT2D eigenvalue weighted by Gasteiger charge is -2.43. The second-order valence-corrected chi connectivity index (χ2v) is 7.20. The summed E-state index contributed by atoms with van der Waals surface area (Å²) in [6.45, 7) is 0.661. The Hall–Kier alpha value is -0.950. The average molecular weight is 325 g/mol. The predicted molar refractivity (Wildman–Crippen MR) is 83.7 cm³/mol. The molecule has 2 aliphatic carbocycles. The van der Waals surface area contributed by atoms with Crippen LogP contribution >= 0.6 is 0 Å². The van der Waals surface area contributed by atoms with Gasteiger partial charge in [-0.25, -0.2) is 0 Å². The van der Waals surface area contributed by atoms with Crippen molar-refractivity contribution in [2.24, 2.45) is 0 Å². The number of aliphatic hydroxyl groups excluding tert-OH is 3. The highest BCUT2D eigenvalue weighted by molar-refractivity contribution is 5.94. The largest absolute Gasteiger partial charge is 0.390 e. The SMILES string of the molecule is O=C(NC1CCOC2(CCCCC2)C1)C1=C[C@@H](O)[C@@H](O)[C@H](O)C1. The molecule has 1 heterocycles. The Labute approximate surface area is 136 Å². The molecule has 3 aliphatic rings. The monoisotopic (exact) mass is 325 g/mol. The lowest BCUT2D eigenvalue weighted by Crippen LogP contribution is -2.50. The number of hydrogen-bond donors (Lipinski definition) is 4. The van der Waals surface area contributed by atoms with E-state index >= 15 is 0 Å². The summed E-state index contributed by atoms with van der Waals surface area (Å²) in [6.07, 6.45) is 5.26. The van der Waals surface area contributed by atoms with Crippen LogP contribution in [0.2, 0.25) is 0 Å². The second-order valence-electron chi connectivity index (χ2n) is 7.20. The quantitative estimate of drug-likeness (QED) is 0.589. The molecular formula is C17H27NO5. The third kappa shape index (κ3) is 3.76. The molecule has 4 atom stereocenters. The van der Waals surface area contributed by atoms with Crippen molar-refractivity contribution < 1.29 is 24.9 Å². The number of nitrogens with one attached hydrogen (secondary N) is 1. The molecule has 2 fully saturated rings. The Kier molecular flexibility index (Phi) is 5.06. The lowest BCUT2D eigenvalue weighted by atomic mass is 9.78. The van der Waals surface area contributed by atoms with Gasteiger partial charge < -0.3 is 25.4 Å². The van der Waals surface area contributed by atoms with Crippen molar-refractivity contribution in [3.63, 3.8) is 0 Å². The number of carbonyl (C=O) groups excluding carboxylic acids is 1. The fourth-order valence-corrected chi connectivity index (χ4v) is 4.09. The highest BCUT2D eigenvalue weighted by atomic mass is 16.5. The highest BCUT2D eigenvalue weighted by Crippen LogP contribution is 2.38. The number of amides is 1. The van der Waals surface area contributed by atoms with Gasteiger partial charge in [-0.15, -0.1) is 0 Å². The molecule has 1 spiro atoms. The molecule has 0 radical (unpaired) electrons. The number of hydrogen-bond acceptors (Lipinski definition) is 5. The number of carbonyl (C=O) groups is 1. The van der Waals surface area contributed by atoms with Gasteiger partial charge in [0.15, 0.2) is 0 Å². The molecule has 23 heavy (non-hydrogen) atoms. The summed E-state index contributed by atoms with van der Waals surface area (Å²) < 4.78 is 6.03.